The van der Waals surface area contributed by atoms with E-state index >= 15 is 0 Å². The summed E-state index contributed by atoms with van der Waals surface area (Å²) in [5.74, 6) is 0.896. The largest absolute Gasteiger partial charge is 0.508 e. The normalized spacial score (nSPS) is 10.0. The molecule has 2 rings (SSSR count). The number of hydrogen-bond acceptors (Lipinski definition) is 3. The van der Waals surface area contributed by atoms with Gasteiger partial charge in [0.25, 0.3) is 0 Å². The number of ketones is 1. The van der Waals surface area contributed by atoms with Crippen molar-refractivity contribution in [3.63, 3.8) is 0 Å². The molecule has 0 saturated carbocycles. The highest BCUT2D eigenvalue weighted by Gasteiger charge is 2.05. The van der Waals surface area contributed by atoms with Crippen molar-refractivity contribution in [1.82, 2.24) is 0 Å². The lowest BCUT2D eigenvalue weighted by Crippen LogP contribution is -2.13. The van der Waals surface area contributed by atoms with Gasteiger partial charge in [-0.3, -0.25) is 4.79 Å². The molecule has 1 N–H and O–H groups in total. The molecule has 0 unspecified atom stereocenters. The summed E-state index contributed by atoms with van der Waals surface area (Å²) >= 11 is 0. The number of carbonyl (C=O) groups excluding carboxylic acids is 1. The second-order valence-corrected chi connectivity index (χ2v) is 3.98. The van der Waals surface area contributed by atoms with E-state index in [0.29, 0.717) is 12.2 Å². The van der Waals surface area contributed by atoms with Crippen LogP contribution < -0.4 is 4.74 Å². The molecule has 0 bridgehead atoms. The maximum atomic E-state index is 11.7. The minimum absolute atomic E-state index is 0.00421. The van der Waals surface area contributed by atoms with Gasteiger partial charge in [-0.1, -0.05) is 30.3 Å². The van der Waals surface area contributed by atoms with Crippen LogP contribution in [0.5, 0.6) is 11.5 Å². The van der Waals surface area contributed by atoms with Crippen molar-refractivity contribution in [2.75, 3.05) is 6.61 Å². The van der Waals surface area contributed by atoms with Gasteiger partial charge in [-0.15, -0.1) is 0 Å². The Labute approximate surface area is 106 Å². The number of para-hydroxylation sites is 1. The maximum absolute atomic E-state index is 11.7. The predicted octanol–water partition coefficient (Wildman–Crippen LogP) is 2.58. The molecular formula is C15H14O3. The van der Waals surface area contributed by atoms with Crippen LogP contribution in [-0.4, -0.2) is 17.5 Å². The molecule has 0 heterocycles. The van der Waals surface area contributed by atoms with E-state index in [2.05, 4.69) is 0 Å². The number of benzene rings is 2. The highest BCUT2D eigenvalue weighted by molar-refractivity contribution is 5.82. The molecule has 0 amide bonds. The van der Waals surface area contributed by atoms with Gasteiger partial charge < -0.3 is 9.84 Å². The van der Waals surface area contributed by atoms with Gasteiger partial charge in [-0.05, 0) is 29.8 Å². The molecule has 0 fully saturated rings. The van der Waals surface area contributed by atoms with E-state index < -0.39 is 0 Å². The summed E-state index contributed by atoms with van der Waals surface area (Å²) in [6, 6.07) is 15.8. The van der Waals surface area contributed by atoms with Gasteiger partial charge in [0.05, 0.1) is 0 Å². The Morgan fingerprint density at radius 3 is 2.33 bits per heavy atom. The van der Waals surface area contributed by atoms with Crippen LogP contribution in [0.25, 0.3) is 0 Å². The number of hydrogen-bond donors (Lipinski definition) is 1. The fraction of sp³-hybridized carbons (Fsp3) is 0.133. The van der Waals surface area contributed by atoms with E-state index in [-0.39, 0.29) is 18.1 Å². The van der Waals surface area contributed by atoms with Gasteiger partial charge >= 0.3 is 0 Å². The maximum Gasteiger partial charge on any atom is 0.174 e. The van der Waals surface area contributed by atoms with Crippen LogP contribution in [0.1, 0.15) is 5.56 Å². The van der Waals surface area contributed by atoms with Crippen LogP contribution >= 0.6 is 0 Å². The van der Waals surface area contributed by atoms with Crippen molar-refractivity contribution >= 4 is 5.78 Å². The summed E-state index contributed by atoms with van der Waals surface area (Å²) in [6.07, 6.45) is 0.313. The van der Waals surface area contributed by atoms with Gasteiger partial charge in [0.2, 0.25) is 0 Å². The summed E-state index contributed by atoms with van der Waals surface area (Å²) in [6.45, 7) is 0.0604. The lowest BCUT2D eigenvalue weighted by molar-refractivity contribution is -0.120. The number of rotatable bonds is 5. The van der Waals surface area contributed by atoms with Gasteiger partial charge in [-0.25, -0.2) is 0 Å². The Morgan fingerprint density at radius 1 is 1.00 bits per heavy atom. The van der Waals surface area contributed by atoms with Crippen LogP contribution in [0.15, 0.2) is 54.6 Å². The predicted molar refractivity (Wildman–Crippen MR) is 68.8 cm³/mol. The standard InChI is InChI=1S/C15H14O3/c16-13-8-6-12(7-9-13)10-14(17)11-18-15-4-2-1-3-5-15/h1-9,16H,10-11H2. The summed E-state index contributed by atoms with van der Waals surface area (Å²) < 4.78 is 5.36. The van der Waals surface area contributed by atoms with E-state index in [1.807, 2.05) is 30.3 Å². The van der Waals surface area contributed by atoms with Crippen LogP contribution in [0, 0.1) is 0 Å². The average molecular weight is 242 g/mol. The molecule has 2 aromatic rings. The lowest BCUT2D eigenvalue weighted by Gasteiger charge is -2.05. The number of ether oxygens (including phenoxy) is 1. The monoisotopic (exact) mass is 242 g/mol. The SMILES string of the molecule is O=C(COc1ccccc1)Cc1ccc(O)cc1. The Balaban J connectivity index is 1.84. The number of Topliss-reactive ketones (excluding diaryl/α,β-unsaturated/α-hetero) is 1. The summed E-state index contributed by atoms with van der Waals surface area (Å²) in [4.78, 5) is 11.7. The van der Waals surface area contributed by atoms with Gasteiger partial charge in [0, 0.05) is 6.42 Å². The van der Waals surface area contributed by atoms with E-state index in [1.165, 1.54) is 0 Å². The molecule has 92 valence electrons. The smallest absolute Gasteiger partial charge is 0.174 e. The first kappa shape index (κ1) is 12.2. The molecule has 0 atom stereocenters. The molecule has 3 nitrogen and oxygen atoms in total. The molecule has 0 radical (unpaired) electrons. The van der Waals surface area contributed by atoms with Crippen LogP contribution in [0.4, 0.5) is 0 Å². The molecule has 0 aromatic heterocycles. The molecule has 0 spiro atoms. The van der Waals surface area contributed by atoms with Crippen molar-refractivity contribution in [2.24, 2.45) is 0 Å². The molecule has 0 aliphatic heterocycles. The van der Waals surface area contributed by atoms with Crippen molar-refractivity contribution in [3.05, 3.63) is 60.2 Å². The Hall–Kier alpha value is -2.29. The first-order valence-electron chi connectivity index (χ1n) is 5.71. The zero-order valence-corrected chi connectivity index (χ0v) is 9.87. The number of aromatic hydroxyl groups is 1. The number of phenols is 1. The zero-order chi connectivity index (χ0) is 12.8. The number of phenolic OH excluding ortho intramolecular Hbond substituents is 1. The lowest BCUT2D eigenvalue weighted by atomic mass is 10.1. The second kappa shape index (κ2) is 5.87. The quantitative estimate of drug-likeness (QED) is 0.876. The van der Waals surface area contributed by atoms with E-state index in [9.17, 15) is 4.79 Å². The highest BCUT2D eigenvalue weighted by atomic mass is 16.5. The van der Waals surface area contributed by atoms with Gasteiger partial charge in [0.15, 0.2) is 5.78 Å². The molecule has 0 saturated heterocycles. The number of carbonyl (C=O) groups is 1. The van der Waals surface area contributed by atoms with Crippen LogP contribution in [0.2, 0.25) is 0 Å². The third-order valence-corrected chi connectivity index (χ3v) is 2.48. The van der Waals surface area contributed by atoms with Crippen molar-refractivity contribution in [3.8, 4) is 11.5 Å². The highest BCUT2D eigenvalue weighted by Crippen LogP contribution is 2.11. The summed E-state index contributed by atoms with van der Waals surface area (Å²) in [7, 11) is 0. The van der Waals surface area contributed by atoms with Gasteiger partial charge in [0.1, 0.15) is 18.1 Å². The minimum Gasteiger partial charge on any atom is -0.508 e. The summed E-state index contributed by atoms with van der Waals surface area (Å²) in [5, 5.41) is 9.13. The van der Waals surface area contributed by atoms with Gasteiger partial charge in [-0.2, -0.15) is 0 Å². The minimum atomic E-state index is 0.00421. The third-order valence-electron chi connectivity index (χ3n) is 2.48. The molecular weight excluding hydrogens is 228 g/mol. The zero-order valence-electron chi connectivity index (χ0n) is 9.87. The van der Waals surface area contributed by atoms with E-state index in [4.69, 9.17) is 9.84 Å². The molecule has 0 aliphatic rings. The Bertz CT molecular complexity index is 503. The first-order valence-corrected chi connectivity index (χ1v) is 5.71. The Kier molecular flexibility index (Phi) is 3.97. The van der Waals surface area contributed by atoms with Crippen molar-refractivity contribution < 1.29 is 14.6 Å². The average Bonchev–Trinajstić information content (AvgIpc) is 2.40. The third kappa shape index (κ3) is 3.63. The molecule has 0 aliphatic carbocycles. The first-order chi connectivity index (χ1) is 8.74. The molecule has 3 heteroatoms. The second-order valence-electron chi connectivity index (χ2n) is 3.98. The van der Waals surface area contributed by atoms with Crippen LogP contribution in [0.3, 0.4) is 0 Å². The topological polar surface area (TPSA) is 46.5 Å². The van der Waals surface area contributed by atoms with E-state index in [1.54, 1.807) is 24.3 Å². The Morgan fingerprint density at radius 2 is 1.67 bits per heavy atom. The molecule has 2 aromatic carbocycles. The summed E-state index contributed by atoms with van der Waals surface area (Å²) in [5.41, 5.74) is 0.870. The van der Waals surface area contributed by atoms with Crippen molar-refractivity contribution in [1.29, 1.82) is 0 Å². The van der Waals surface area contributed by atoms with Crippen molar-refractivity contribution in [2.45, 2.75) is 6.42 Å². The van der Waals surface area contributed by atoms with Crippen LogP contribution in [-0.2, 0) is 11.2 Å². The molecule has 18 heavy (non-hydrogen) atoms. The fourth-order valence-electron chi connectivity index (χ4n) is 1.57. The fourth-order valence-corrected chi connectivity index (χ4v) is 1.57. The van der Waals surface area contributed by atoms with E-state index in [0.717, 1.165) is 5.56 Å².